The highest BCUT2D eigenvalue weighted by atomic mass is 32.2. The Morgan fingerprint density at radius 1 is 1.30 bits per heavy atom. The van der Waals surface area contributed by atoms with E-state index in [1.54, 1.807) is 11.8 Å². The lowest BCUT2D eigenvalue weighted by atomic mass is 10.2. The highest BCUT2D eigenvalue weighted by Gasteiger charge is 2.25. The smallest absolute Gasteiger partial charge is 0.343 e. The summed E-state index contributed by atoms with van der Waals surface area (Å²) in [5, 5.41) is 0.316. The molecule has 10 heteroatoms. The number of anilines is 1. The second-order valence-corrected chi connectivity index (χ2v) is 7.33. The van der Waals surface area contributed by atoms with Crippen LogP contribution < -0.4 is 15.2 Å². The van der Waals surface area contributed by atoms with Gasteiger partial charge in [-0.05, 0) is 26.0 Å². The third-order valence-corrected chi connectivity index (χ3v) is 5.19. The number of ether oxygens (including phenoxy) is 3. The molecule has 2 N–H and O–H groups in total. The van der Waals surface area contributed by atoms with Crippen molar-refractivity contribution in [3.8, 4) is 11.5 Å². The first-order chi connectivity index (χ1) is 14.5. The number of carbonyl (C=O) groups is 2. The second-order valence-electron chi connectivity index (χ2n) is 6.39. The van der Waals surface area contributed by atoms with E-state index in [1.807, 2.05) is 31.2 Å². The molecule has 0 bridgehead atoms. The number of nitrogens with two attached hydrogens (primary N) is 1. The number of hydrogen-bond donors (Lipinski definition) is 1. The average Bonchev–Trinajstić information content (AvgIpc) is 2.75. The van der Waals surface area contributed by atoms with Gasteiger partial charge in [-0.2, -0.15) is 0 Å². The number of amides is 1. The van der Waals surface area contributed by atoms with Crippen molar-refractivity contribution in [1.82, 2.24) is 14.9 Å². The molecule has 160 valence electrons. The molecule has 2 aromatic rings. The fraction of sp³-hybridized carbons (Fsp3) is 0.400. The predicted octanol–water partition coefficient (Wildman–Crippen LogP) is 2.02. The number of fused-ring (bicyclic) bond motifs is 1. The number of benzene rings is 1. The summed E-state index contributed by atoms with van der Waals surface area (Å²) in [5.74, 6) is 0.891. The van der Waals surface area contributed by atoms with E-state index >= 15 is 0 Å². The van der Waals surface area contributed by atoms with Crippen LogP contribution in [0.15, 0.2) is 35.6 Å². The molecule has 1 aromatic heterocycles. The maximum absolute atomic E-state index is 12.7. The van der Waals surface area contributed by atoms with Crippen LogP contribution in [0.4, 0.5) is 5.82 Å². The molecule has 1 unspecified atom stereocenters. The Kier molecular flexibility index (Phi) is 7.34. The highest BCUT2D eigenvalue weighted by Crippen LogP contribution is 2.31. The maximum atomic E-state index is 12.7. The Morgan fingerprint density at radius 3 is 2.77 bits per heavy atom. The normalized spacial score (nSPS) is 14.8. The zero-order valence-electron chi connectivity index (χ0n) is 16.9. The molecule has 1 amide bonds. The van der Waals surface area contributed by atoms with Gasteiger partial charge in [-0.1, -0.05) is 23.9 Å². The minimum Gasteiger partial charge on any atom is -0.486 e. The van der Waals surface area contributed by atoms with E-state index in [0.29, 0.717) is 36.4 Å². The molecule has 1 aliphatic heterocycles. The van der Waals surface area contributed by atoms with Gasteiger partial charge in [0.1, 0.15) is 18.0 Å². The molecule has 1 aliphatic rings. The van der Waals surface area contributed by atoms with Crippen LogP contribution in [0.3, 0.4) is 0 Å². The van der Waals surface area contributed by atoms with Crippen LogP contribution >= 0.6 is 11.8 Å². The largest absolute Gasteiger partial charge is 0.486 e. The Hall–Kier alpha value is -3.01. The summed E-state index contributed by atoms with van der Waals surface area (Å²) in [6, 6.07) is 7.46. The molecule has 0 fully saturated rings. The van der Waals surface area contributed by atoms with Crippen LogP contribution in [0.25, 0.3) is 0 Å². The van der Waals surface area contributed by atoms with Crippen LogP contribution in [-0.4, -0.2) is 64.9 Å². The molecule has 3 rings (SSSR count). The minimum atomic E-state index is -0.573. The van der Waals surface area contributed by atoms with Crippen LogP contribution in [0.5, 0.6) is 11.5 Å². The molecular weight excluding hydrogens is 408 g/mol. The van der Waals surface area contributed by atoms with Gasteiger partial charge in [0, 0.05) is 12.7 Å². The van der Waals surface area contributed by atoms with Gasteiger partial charge in [0.25, 0.3) is 0 Å². The van der Waals surface area contributed by atoms with E-state index in [4.69, 9.17) is 19.9 Å². The van der Waals surface area contributed by atoms with Gasteiger partial charge in [0.2, 0.25) is 5.91 Å². The molecule has 2 heterocycles. The van der Waals surface area contributed by atoms with E-state index in [9.17, 15) is 9.59 Å². The zero-order valence-corrected chi connectivity index (χ0v) is 17.7. The quantitative estimate of drug-likeness (QED) is 0.380. The van der Waals surface area contributed by atoms with Crippen LogP contribution in [0, 0.1) is 0 Å². The predicted molar refractivity (Wildman–Crippen MR) is 112 cm³/mol. The first-order valence-corrected chi connectivity index (χ1v) is 10.6. The fourth-order valence-corrected chi connectivity index (χ4v) is 3.56. The third kappa shape index (κ3) is 5.32. The Morgan fingerprint density at radius 2 is 2.07 bits per heavy atom. The van der Waals surface area contributed by atoms with Gasteiger partial charge < -0.3 is 24.8 Å². The molecule has 0 aliphatic carbocycles. The number of carbonyl (C=O) groups excluding carboxylic acids is 2. The standard InChI is InChI=1S/C20H24N4O5S/c1-3-24(10-13-11-28-15-7-5-6-8-16(15)29-13)17(25)12-30-20-22-9-14(18(21)23-20)19(26)27-4-2/h5-9,13H,3-4,10-12H2,1-2H3,(H2,21,22,23). The lowest BCUT2D eigenvalue weighted by Crippen LogP contribution is -2.44. The number of para-hydroxylation sites is 2. The number of thioether (sulfide) groups is 1. The lowest BCUT2D eigenvalue weighted by Gasteiger charge is -2.30. The number of hydrogen-bond acceptors (Lipinski definition) is 9. The number of rotatable bonds is 8. The Balaban J connectivity index is 1.54. The SMILES string of the molecule is CCOC(=O)c1cnc(SCC(=O)N(CC)CC2COc3ccccc3O2)nc1N. The minimum absolute atomic E-state index is 0.0252. The van der Waals surface area contributed by atoms with E-state index in [-0.39, 0.29) is 35.8 Å². The highest BCUT2D eigenvalue weighted by molar-refractivity contribution is 7.99. The molecule has 9 nitrogen and oxygen atoms in total. The summed E-state index contributed by atoms with van der Waals surface area (Å²) < 4.78 is 16.5. The summed E-state index contributed by atoms with van der Waals surface area (Å²) in [7, 11) is 0. The van der Waals surface area contributed by atoms with E-state index in [2.05, 4.69) is 9.97 Å². The maximum Gasteiger partial charge on any atom is 0.343 e. The van der Waals surface area contributed by atoms with Crippen molar-refractivity contribution in [3.63, 3.8) is 0 Å². The summed E-state index contributed by atoms with van der Waals surface area (Å²) in [6.07, 6.45) is 1.07. The molecule has 1 aromatic carbocycles. The average molecular weight is 433 g/mol. The molecule has 0 radical (unpaired) electrons. The van der Waals surface area contributed by atoms with Crippen molar-refractivity contribution in [2.24, 2.45) is 0 Å². The van der Waals surface area contributed by atoms with Crippen LogP contribution in [0.1, 0.15) is 24.2 Å². The topological polar surface area (TPSA) is 117 Å². The number of nitrogens with zero attached hydrogens (tertiary/aromatic N) is 3. The first kappa shape index (κ1) is 21.7. The van der Waals surface area contributed by atoms with Gasteiger partial charge in [-0.15, -0.1) is 0 Å². The number of nitrogen functional groups attached to an aromatic ring is 1. The molecule has 0 spiro atoms. The molecular formula is C20H24N4O5S. The number of esters is 1. The van der Waals surface area contributed by atoms with Gasteiger partial charge in [-0.25, -0.2) is 14.8 Å². The van der Waals surface area contributed by atoms with Crippen molar-refractivity contribution in [2.45, 2.75) is 25.1 Å². The first-order valence-electron chi connectivity index (χ1n) is 9.60. The Bertz CT molecular complexity index is 911. The fourth-order valence-electron chi connectivity index (χ4n) is 2.84. The molecule has 0 saturated carbocycles. The number of aromatic nitrogens is 2. The second kappa shape index (κ2) is 10.1. The molecule has 0 saturated heterocycles. The van der Waals surface area contributed by atoms with Crippen molar-refractivity contribution < 1.29 is 23.8 Å². The van der Waals surface area contributed by atoms with Crippen molar-refractivity contribution in [1.29, 1.82) is 0 Å². The summed E-state index contributed by atoms with van der Waals surface area (Å²) >= 11 is 1.15. The third-order valence-electron chi connectivity index (χ3n) is 4.34. The number of likely N-dealkylation sites (N-methyl/N-ethyl adjacent to an activating group) is 1. The molecule has 1 atom stereocenters. The lowest BCUT2D eigenvalue weighted by molar-refractivity contribution is -0.129. The van der Waals surface area contributed by atoms with Crippen molar-refractivity contribution in [2.75, 3.05) is 37.8 Å². The van der Waals surface area contributed by atoms with Crippen molar-refractivity contribution in [3.05, 3.63) is 36.0 Å². The van der Waals surface area contributed by atoms with Gasteiger partial charge in [0.15, 0.2) is 22.8 Å². The van der Waals surface area contributed by atoms with Gasteiger partial charge in [0.05, 0.1) is 18.9 Å². The van der Waals surface area contributed by atoms with E-state index in [0.717, 1.165) is 11.8 Å². The zero-order chi connectivity index (χ0) is 21.5. The van der Waals surface area contributed by atoms with Crippen LogP contribution in [-0.2, 0) is 9.53 Å². The van der Waals surface area contributed by atoms with Crippen LogP contribution in [0.2, 0.25) is 0 Å². The van der Waals surface area contributed by atoms with E-state index < -0.39 is 5.97 Å². The summed E-state index contributed by atoms with van der Waals surface area (Å²) in [6.45, 7) is 5.16. The summed E-state index contributed by atoms with van der Waals surface area (Å²) in [4.78, 5) is 34.3. The van der Waals surface area contributed by atoms with Gasteiger partial charge in [-0.3, -0.25) is 4.79 Å². The van der Waals surface area contributed by atoms with Gasteiger partial charge >= 0.3 is 5.97 Å². The molecule has 30 heavy (non-hydrogen) atoms. The Labute approximate surface area is 178 Å². The monoisotopic (exact) mass is 432 g/mol. The summed E-state index contributed by atoms with van der Waals surface area (Å²) in [5.41, 5.74) is 5.93. The van der Waals surface area contributed by atoms with Crippen molar-refractivity contribution >= 4 is 29.5 Å². The van der Waals surface area contributed by atoms with E-state index in [1.165, 1.54) is 6.20 Å².